The average Bonchev–Trinajstić information content (AvgIpc) is 3.00. The van der Waals surface area contributed by atoms with Crippen molar-refractivity contribution in [1.82, 2.24) is 19.8 Å². The van der Waals surface area contributed by atoms with Crippen LogP contribution in [0.25, 0.3) is 0 Å². The van der Waals surface area contributed by atoms with E-state index in [4.69, 9.17) is 0 Å². The van der Waals surface area contributed by atoms with E-state index in [0.29, 0.717) is 6.42 Å². The summed E-state index contributed by atoms with van der Waals surface area (Å²) >= 11 is 3.55. The summed E-state index contributed by atoms with van der Waals surface area (Å²) in [5.41, 5.74) is 1.17. The van der Waals surface area contributed by atoms with Crippen LogP contribution in [0.4, 0.5) is 0 Å². The molecule has 1 amide bonds. The van der Waals surface area contributed by atoms with Gasteiger partial charge in [0.15, 0.2) is 0 Å². The molecule has 1 saturated heterocycles. The van der Waals surface area contributed by atoms with Gasteiger partial charge in [0.1, 0.15) is 11.9 Å². The SMILES string of the molecule is Cn1ccnc1C1CNCCN1C(=O)CCc1ccccc1Br. The Balaban J connectivity index is 1.69. The standard InChI is InChI=1S/C17H21BrN4O/c1-21-10-9-20-17(21)15-12-19-8-11-22(15)16(23)7-6-13-4-2-3-5-14(13)18/h2-5,9-10,15,19H,6-8,11-12H2,1H3. The molecule has 2 aromatic rings. The van der Waals surface area contributed by atoms with E-state index in [9.17, 15) is 4.79 Å². The largest absolute Gasteiger partial charge is 0.336 e. The van der Waals surface area contributed by atoms with Crippen molar-refractivity contribution in [3.8, 4) is 0 Å². The number of rotatable bonds is 4. The van der Waals surface area contributed by atoms with Gasteiger partial charge in [0.05, 0.1) is 0 Å². The van der Waals surface area contributed by atoms with Crippen LogP contribution >= 0.6 is 15.9 Å². The van der Waals surface area contributed by atoms with Crippen molar-refractivity contribution in [3.05, 3.63) is 52.5 Å². The van der Waals surface area contributed by atoms with E-state index < -0.39 is 0 Å². The predicted octanol–water partition coefficient (Wildman–Crippen LogP) is 2.29. The predicted molar refractivity (Wildman–Crippen MR) is 93.0 cm³/mol. The number of halogens is 1. The Kier molecular flexibility index (Phi) is 5.13. The maximum Gasteiger partial charge on any atom is 0.223 e. The van der Waals surface area contributed by atoms with E-state index in [1.165, 1.54) is 5.56 Å². The number of benzene rings is 1. The minimum Gasteiger partial charge on any atom is -0.336 e. The van der Waals surface area contributed by atoms with Crippen molar-refractivity contribution >= 4 is 21.8 Å². The average molecular weight is 377 g/mol. The number of hydrogen-bond donors (Lipinski definition) is 1. The molecule has 2 heterocycles. The van der Waals surface area contributed by atoms with Crippen LogP contribution in [-0.4, -0.2) is 40.0 Å². The van der Waals surface area contributed by atoms with Gasteiger partial charge in [-0.05, 0) is 18.1 Å². The second kappa shape index (κ2) is 7.27. The third kappa shape index (κ3) is 3.64. The van der Waals surface area contributed by atoms with E-state index >= 15 is 0 Å². The van der Waals surface area contributed by atoms with Gasteiger partial charge in [0, 0.05) is 50.0 Å². The van der Waals surface area contributed by atoms with Crippen molar-refractivity contribution in [1.29, 1.82) is 0 Å². The van der Waals surface area contributed by atoms with Crippen molar-refractivity contribution in [3.63, 3.8) is 0 Å². The van der Waals surface area contributed by atoms with E-state index in [2.05, 4.69) is 32.3 Å². The minimum atomic E-state index is 0.00969. The molecule has 0 spiro atoms. The number of nitrogens with one attached hydrogen (secondary N) is 1. The smallest absolute Gasteiger partial charge is 0.223 e. The summed E-state index contributed by atoms with van der Waals surface area (Å²) in [4.78, 5) is 19.1. The number of aryl methyl sites for hydroxylation is 2. The third-order valence-electron chi connectivity index (χ3n) is 4.29. The molecule has 5 nitrogen and oxygen atoms in total. The third-order valence-corrected chi connectivity index (χ3v) is 5.06. The molecular formula is C17H21BrN4O. The van der Waals surface area contributed by atoms with E-state index in [0.717, 1.165) is 36.4 Å². The van der Waals surface area contributed by atoms with Crippen molar-refractivity contribution in [2.75, 3.05) is 19.6 Å². The molecule has 1 aliphatic heterocycles. The molecule has 122 valence electrons. The summed E-state index contributed by atoms with van der Waals surface area (Å²) in [7, 11) is 1.97. The zero-order valence-electron chi connectivity index (χ0n) is 13.2. The first-order chi connectivity index (χ1) is 11.2. The fourth-order valence-electron chi connectivity index (χ4n) is 3.02. The molecular weight excluding hydrogens is 356 g/mol. The number of hydrogen-bond acceptors (Lipinski definition) is 3. The molecule has 1 aliphatic rings. The lowest BCUT2D eigenvalue weighted by molar-refractivity contribution is -0.134. The number of imidazole rings is 1. The Morgan fingerprint density at radius 3 is 3.00 bits per heavy atom. The first-order valence-corrected chi connectivity index (χ1v) is 8.67. The van der Waals surface area contributed by atoms with Gasteiger partial charge < -0.3 is 14.8 Å². The number of carbonyl (C=O) groups is 1. The maximum absolute atomic E-state index is 12.7. The second-order valence-electron chi connectivity index (χ2n) is 5.79. The monoisotopic (exact) mass is 376 g/mol. The van der Waals surface area contributed by atoms with Crippen LogP contribution < -0.4 is 5.32 Å². The molecule has 0 saturated carbocycles. The van der Waals surface area contributed by atoms with Gasteiger partial charge in [0.2, 0.25) is 5.91 Å². The fraction of sp³-hybridized carbons (Fsp3) is 0.412. The Morgan fingerprint density at radius 2 is 2.26 bits per heavy atom. The Morgan fingerprint density at radius 1 is 1.43 bits per heavy atom. The molecule has 0 bridgehead atoms. The summed E-state index contributed by atoms with van der Waals surface area (Å²) in [6.45, 7) is 2.32. The van der Waals surface area contributed by atoms with Crippen LogP contribution in [0.2, 0.25) is 0 Å². The molecule has 1 fully saturated rings. The van der Waals surface area contributed by atoms with E-state index in [-0.39, 0.29) is 11.9 Å². The molecule has 1 N–H and O–H groups in total. The van der Waals surface area contributed by atoms with Gasteiger partial charge in [-0.3, -0.25) is 4.79 Å². The quantitative estimate of drug-likeness (QED) is 0.890. The molecule has 3 rings (SSSR count). The first kappa shape index (κ1) is 16.2. The lowest BCUT2D eigenvalue weighted by Crippen LogP contribution is -2.49. The number of carbonyl (C=O) groups excluding carboxylic acids is 1. The van der Waals surface area contributed by atoms with Crippen LogP contribution in [0.15, 0.2) is 41.1 Å². The minimum absolute atomic E-state index is 0.00969. The lowest BCUT2D eigenvalue weighted by atomic mass is 10.1. The van der Waals surface area contributed by atoms with Crippen LogP contribution in [0.5, 0.6) is 0 Å². The summed E-state index contributed by atoms with van der Waals surface area (Å²) in [6.07, 6.45) is 4.97. The highest BCUT2D eigenvalue weighted by Crippen LogP contribution is 2.23. The first-order valence-electron chi connectivity index (χ1n) is 7.87. The van der Waals surface area contributed by atoms with Crippen molar-refractivity contribution in [2.24, 2.45) is 7.05 Å². The van der Waals surface area contributed by atoms with Gasteiger partial charge in [-0.25, -0.2) is 4.98 Å². The van der Waals surface area contributed by atoms with Gasteiger partial charge in [-0.1, -0.05) is 34.1 Å². The van der Waals surface area contributed by atoms with Crippen molar-refractivity contribution < 1.29 is 4.79 Å². The molecule has 1 aromatic carbocycles. The number of aromatic nitrogens is 2. The number of nitrogens with zero attached hydrogens (tertiary/aromatic N) is 3. The summed E-state index contributed by atoms with van der Waals surface area (Å²) in [5, 5.41) is 3.36. The van der Waals surface area contributed by atoms with E-state index in [1.54, 1.807) is 6.20 Å². The van der Waals surface area contributed by atoms with Crippen LogP contribution in [0.3, 0.4) is 0 Å². The summed E-state index contributed by atoms with van der Waals surface area (Å²) in [6, 6.07) is 8.08. The molecule has 6 heteroatoms. The zero-order chi connectivity index (χ0) is 16.2. The highest BCUT2D eigenvalue weighted by atomic mass is 79.9. The summed E-state index contributed by atoms with van der Waals surface area (Å²) < 4.78 is 3.06. The van der Waals surface area contributed by atoms with Crippen LogP contribution in [0.1, 0.15) is 23.9 Å². The lowest BCUT2D eigenvalue weighted by Gasteiger charge is -2.36. The molecule has 1 aromatic heterocycles. The van der Waals surface area contributed by atoms with Gasteiger partial charge >= 0.3 is 0 Å². The molecule has 23 heavy (non-hydrogen) atoms. The molecule has 0 aliphatic carbocycles. The highest BCUT2D eigenvalue weighted by Gasteiger charge is 2.30. The zero-order valence-corrected chi connectivity index (χ0v) is 14.8. The molecule has 0 radical (unpaired) electrons. The van der Waals surface area contributed by atoms with Gasteiger partial charge in [0.25, 0.3) is 0 Å². The van der Waals surface area contributed by atoms with Crippen LogP contribution in [0, 0.1) is 0 Å². The normalized spacial score (nSPS) is 18.2. The van der Waals surface area contributed by atoms with E-state index in [1.807, 2.05) is 40.9 Å². The summed E-state index contributed by atoms with van der Waals surface area (Å²) in [5.74, 6) is 1.13. The van der Waals surface area contributed by atoms with Crippen molar-refractivity contribution in [2.45, 2.75) is 18.9 Å². The maximum atomic E-state index is 12.7. The molecule has 1 atom stereocenters. The Hall–Kier alpha value is -1.66. The Labute approximate surface area is 144 Å². The van der Waals surface area contributed by atoms with Crippen LogP contribution in [-0.2, 0) is 18.3 Å². The topological polar surface area (TPSA) is 50.2 Å². The fourth-order valence-corrected chi connectivity index (χ4v) is 3.50. The number of piperazine rings is 1. The number of amides is 1. The van der Waals surface area contributed by atoms with Gasteiger partial charge in [-0.2, -0.15) is 0 Å². The second-order valence-corrected chi connectivity index (χ2v) is 6.65. The molecule has 1 unspecified atom stereocenters. The Bertz CT molecular complexity index is 685. The highest BCUT2D eigenvalue weighted by molar-refractivity contribution is 9.10. The van der Waals surface area contributed by atoms with Gasteiger partial charge in [-0.15, -0.1) is 0 Å².